The van der Waals surface area contributed by atoms with Crippen LogP contribution in [0.3, 0.4) is 0 Å². The molecule has 3 rings (SSSR count). The second-order valence-corrected chi connectivity index (χ2v) is 9.47. The molecule has 6 nitrogen and oxygen atoms in total. The van der Waals surface area contributed by atoms with Crippen LogP contribution in [-0.2, 0) is 21.4 Å². The van der Waals surface area contributed by atoms with E-state index in [1.54, 1.807) is 19.2 Å². The predicted octanol–water partition coefficient (Wildman–Crippen LogP) is 3.46. The van der Waals surface area contributed by atoms with E-state index < -0.39 is 16.0 Å². The van der Waals surface area contributed by atoms with Gasteiger partial charge in [-0.3, -0.25) is 4.79 Å². The molecule has 1 aliphatic rings. The monoisotopic (exact) mass is 422 g/mol. The van der Waals surface area contributed by atoms with Crippen molar-refractivity contribution in [3.63, 3.8) is 0 Å². The summed E-state index contributed by atoms with van der Waals surface area (Å²) in [5.74, 6) is -1.02. The molecule has 0 atom stereocenters. The first-order valence-corrected chi connectivity index (χ1v) is 10.9. The van der Waals surface area contributed by atoms with E-state index in [0.29, 0.717) is 31.0 Å². The van der Waals surface area contributed by atoms with E-state index in [2.05, 4.69) is 4.90 Å². The van der Waals surface area contributed by atoms with Gasteiger partial charge in [0.25, 0.3) is 0 Å². The lowest BCUT2D eigenvalue weighted by Gasteiger charge is -2.32. The number of hydrogen-bond acceptors (Lipinski definition) is 4. The highest BCUT2D eigenvalue weighted by Crippen LogP contribution is 2.25. The van der Waals surface area contributed by atoms with Gasteiger partial charge in [0, 0.05) is 37.4 Å². The Labute approximate surface area is 170 Å². The molecule has 150 valence electrons. The minimum absolute atomic E-state index is 0.200. The first kappa shape index (κ1) is 20.6. The Morgan fingerprint density at radius 1 is 1.18 bits per heavy atom. The maximum Gasteiger partial charge on any atom is 0.306 e. The minimum atomic E-state index is -3.61. The number of piperidine rings is 1. The van der Waals surface area contributed by atoms with Crippen molar-refractivity contribution < 1.29 is 18.3 Å². The van der Waals surface area contributed by atoms with Crippen LogP contribution in [0.15, 0.2) is 53.4 Å². The number of carboxylic acid groups (broad SMARTS) is 1. The van der Waals surface area contributed by atoms with Crippen LogP contribution in [0.25, 0.3) is 0 Å². The minimum Gasteiger partial charge on any atom is -0.481 e. The smallest absolute Gasteiger partial charge is 0.306 e. The molecule has 2 aromatic carbocycles. The Morgan fingerprint density at radius 3 is 2.43 bits per heavy atom. The zero-order valence-electron chi connectivity index (χ0n) is 15.6. The molecule has 1 aliphatic heterocycles. The van der Waals surface area contributed by atoms with Crippen molar-refractivity contribution >= 4 is 33.3 Å². The molecule has 1 heterocycles. The summed E-state index contributed by atoms with van der Waals surface area (Å²) in [6, 6.07) is 13.8. The number of halogens is 1. The maximum absolute atomic E-state index is 12.8. The van der Waals surface area contributed by atoms with Crippen LogP contribution < -0.4 is 4.90 Å². The maximum atomic E-state index is 12.8. The van der Waals surface area contributed by atoms with Crippen molar-refractivity contribution in [1.82, 2.24) is 4.31 Å². The van der Waals surface area contributed by atoms with Gasteiger partial charge in [-0.25, -0.2) is 8.42 Å². The van der Waals surface area contributed by atoms with Crippen molar-refractivity contribution in [3.8, 4) is 0 Å². The lowest BCUT2D eigenvalue weighted by Crippen LogP contribution is -2.36. The first-order valence-electron chi connectivity index (χ1n) is 9.06. The topological polar surface area (TPSA) is 77.9 Å². The molecule has 0 bridgehead atoms. The number of carboxylic acids is 1. The number of carbonyl (C=O) groups is 1. The van der Waals surface area contributed by atoms with E-state index in [1.165, 1.54) is 16.4 Å². The Hall–Kier alpha value is -2.09. The van der Waals surface area contributed by atoms with E-state index in [9.17, 15) is 13.2 Å². The van der Waals surface area contributed by atoms with Gasteiger partial charge in [-0.2, -0.15) is 4.31 Å². The molecule has 1 fully saturated rings. The summed E-state index contributed by atoms with van der Waals surface area (Å²) in [6.07, 6.45) is 1.23. The van der Waals surface area contributed by atoms with E-state index in [-0.39, 0.29) is 17.4 Å². The van der Waals surface area contributed by atoms with Gasteiger partial charge in [-0.1, -0.05) is 23.7 Å². The van der Waals surface area contributed by atoms with Gasteiger partial charge < -0.3 is 10.0 Å². The van der Waals surface area contributed by atoms with Crippen LogP contribution in [0.4, 0.5) is 5.69 Å². The number of nitrogens with zero attached hydrogens (tertiary/aromatic N) is 2. The lowest BCUT2D eigenvalue weighted by molar-refractivity contribution is -0.142. The second-order valence-electron chi connectivity index (χ2n) is 6.98. The van der Waals surface area contributed by atoms with Gasteiger partial charge in [0.05, 0.1) is 10.8 Å². The third-order valence-electron chi connectivity index (χ3n) is 5.05. The van der Waals surface area contributed by atoms with Gasteiger partial charge in [-0.05, 0) is 54.8 Å². The van der Waals surface area contributed by atoms with Crippen molar-refractivity contribution in [2.24, 2.45) is 5.92 Å². The van der Waals surface area contributed by atoms with Crippen molar-refractivity contribution in [3.05, 3.63) is 59.1 Å². The van der Waals surface area contributed by atoms with Crippen LogP contribution in [0.5, 0.6) is 0 Å². The summed E-state index contributed by atoms with van der Waals surface area (Å²) in [5, 5.41) is 9.62. The average Bonchev–Trinajstić information content (AvgIpc) is 2.68. The normalized spacial score (nSPS) is 15.8. The Morgan fingerprint density at radius 2 is 1.82 bits per heavy atom. The Bertz CT molecular complexity index is 939. The summed E-state index contributed by atoms with van der Waals surface area (Å²) in [7, 11) is -2.06. The number of rotatable bonds is 6. The third-order valence-corrected chi connectivity index (χ3v) is 7.12. The van der Waals surface area contributed by atoms with E-state index >= 15 is 0 Å². The molecule has 0 aromatic heterocycles. The van der Waals surface area contributed by atoms with E-state index in [0.717, 1.165) is 11.3 Å². The highest BCUT2D eigenvalue weighted by atomic mass is 35.5. The SMILES string of the molecule is CN(Cc1cccc(N2CCC(C(=O)O)CC2)c1)S(=O)(=O)c1ccc(Cl)cc1. The van der Waals surface area contributed by atoms with Crippen LogP contribution in [0.2, 0.25) is 5.02 Å². The molecule has 1 saturated heterocycles. The van der Waals surface area contributed by atoms with Crippen LogP contribution in [-0.4, -0.2) is 43.9 Å². The van der Waals surface area contributed by atoms with Crippen molar-refractivity contribution in [2.75, 3.05) is 25.0 Å². The molecular formula is C20H23ClN2O4S. The molecule has 0 amide bonds. The molecule has 2 aromatic rings. The van der Waals surface area contributed by atoms with Crippen molar-refractivity contribution in [2.45, 2.75) is 24.3 Å². The third kappa shape index (κ3) is 4.66. The Balaban J connectivity index is 1.70. The standard InChI is InChI=1S/C20H23ClN2O4S/c1-22(28(26,27)19-7-5-17(21)6-8-19)14-15-3-2-4-18(13-15)23-11-9-16(10-12-23)20(24)25/h2-8,13,16H,9-12,14H2,1H3,(H,24,25). The molecule has 0 aliphatic carbocycles. The highest BCUT2D eigenvalue weighted by molar-refractivity contribution is 7.89. The molecule has 8 heteroatoms. The average molecular weight is 423 g/mol. The number of anilines is 1. The van der Waals surface area contributed by atoms with Crippen molar-refractivity contribution in [1.29, 1.82) is 0 Å². The molecule has 28 heavy (non-hydrogen) atoms. The Kier molecular flexibility index (Phi) is 6.27. The first-order chi connectivity index (χ1) is 13.3. The fourth-order valence-electron chi connectivity index (χ4n) is 3.36. The fraction of sp³-hybridized carbons (Fsp3) is 0.350. The molecular weight excluding hydrogens is 400 g/mol. The molecule has 0 radical (unpaired) electrons. The summed E-state index contributed by atoms with van der Waals surface area (Å²) < 4.78 is 26.8. The second kappa shape index (κ2) is 8.51. The van der Waals surface area contributed by atoms with Crippen LogP contribution in [0.1, 0.15) is 18.4 Å². The largest absolute Gasteiger partial charge is 0.481 e. The molecule has 1 N–H and O–H groups in total. The van der Waals surface area contributed by atoms with Gasteiger partial charge in [0.15, 0.2) is 0 Å². The van der Waals surface area contributed by atoms with Gasteiger partial charge in [0.1, 0.15) is 0 Å². The summed E-state index contributed by atoms with van der Waals surface area (Å²) >= 11 is 5.84. The van der Waals surface area contributed by atoms with Gasteiger partial charge >= 0.3 is 5.97 Å². The summed E-state index contributed by atoms with van der Waals surface area (Å²) in [6.45, 7) is 1.60. The lowest BCUT2D eigenvalue weighted by atomic mass is 9.96. The van der Waals surface area contributed by atoms with E-state index in [4.69, 9.17) is 16.7 Å². The van der Waals surface area contributed by atoms with E-state index in [1.807, 2.05) is 24.3 Å². The molecule has 0 saturated carbocycles. The zero-order chi connectivity index (χ0) is 20.3. The van der Waals surface area contributed by atoms with Crippen LogP contribution >= 0.6 is 11.6 Å². The summed E-state index contributed by atoms with van der Waals surface area (Å²) in [5.41, 5.74) is 1.86. The highest BCUT2D eigenvalue weighted by Gasteiger charge is 2.25. The quantitative estimate of drug-likeness (QED) is 0.771. The zero-order valence-corrected chi connectivity index (χ0v) is 17.2. The number of benzene rings is 2. The summed E-state index contributed by atoms with van der Waals surface area (Å²) in [4.78, 5) is 13.5. The predicted molar refractivity (Wildman–Crippen MR) is 109 cm³/mol. The van der Waals surface area contributed by atoms with Crippen LogP contribution in [0, 0.1) is 5.92 Å². The molecule has 0 unspecified atom stereocenters. The van der Waals surface area contributed by atoms with Gasteiger partial charge in [0.2, 0.25) is 10.0 Å². The molecule has 0 spiro atoms. The number of aliphatic carboxylic acids is 1. The number of hydrogen-bond donors (Lipinski definition) is 1. The fourth-order valence-corrected chi connectivity index (χ4v) is 4.65. The number of sulfonamides is 1. The van der Waals surface area contributed by atoms with Gasteiger partial charge in [-0.15, -0.1) is 0 Å².